The lowest BCUT2D eigenvalue weighted by atomic mass is 10.1. The molecule has 3 aromatic rings. The summed E-state index contributed by atoms with van der Waals surface area (Å²) < 4.78 is 7.13. The Bertz CT molecular complexity index is 992. The molecule has 4 N–H and O–H groups in total. The number of hydrogen-bond donors (Lipinski definition) is 4. The highest BCUT2D eigenvalue weighted by Crippen LogP contribution is 2.35. The van der Waals surface area contributed by atoms with Crippen LogP contribution in [0.25, 0.3) is 11.2 Å². The second-order valence-electron chi connectivity index (χ2n) is 6.17. The lowest BCUT2D eigenvalue weighted by molar-refractivity contribution is -0.0548. The monoisotopic (exact) mass is 390 g/mol. The Balaban J connectivity index is 1.76. The summed E-state index contributed by atoms with van der Waals surface area (Å²) in [6, 6.07) is 9.72. The van der Waals surface area contributed by atoms with Crippen molar-refractivity contribution >= 4 is 22.9 Å². The predicted octanol–water partition coefficient (Wildman–Crippen LogP) is 0.0234. The van der Waals surface area contributed by atoms with Crippen molar-refractivity contribution in [1.29, 1.82) is 0 Å². The van der Waals surface area contributed by atoms with Gasteiger partial charge in [-0.1, -0.05) is 42.1 Å². The van der Waals surface area contributed by atoms with Crippen LogP contribution in [0.2, 0.25) is 0 Å². The van der Waals surface area contributed by atoms with E-state index in [-0.39, 0.29) is 11.2 Å². The second kappa shape index (κ2) is 7.41. The van der Waals surface area contributed by atoms with E-state index in [0.29, 0.717) is 10.9 Å². The van der Waals surface area contributed by atoms with Gasteiger partial charge in [0.15, 0.2) is 22.5 Å². The predicted molar refractivity (Wildman–Crippen MR) is 97.2 cm³/mol. The number of hydrogen-bond acceptors (Lipinski definition) is 8. The molecule has 0 saturated carbocycles. The normalized spacial score (nSPS) is 25.3. The Labute approximate surface area is 157 Å². The zero-order valence-electron chi connectivity index (χ0n) is 14.1. The molecule has 9 nitrogen and oxygen atoms in total. The van der Waals surface area contributed by atoms with E-state index in [1.807, 2.05) is 30.3 Å². The van der Waals surface area contributed by atoms with Crippen LogP contribution in [0.5, 0.6) is 0 Å². The van der Waals surface area contributed by atoms with Gasteiger partial charge in [-0.3, -0.25) is 9.36 Å². The maximum atomic E-state index is 12.1. The van der Waals surface area contributed by atoms with E-state index in [9.17, 15) is 20.1 Å². The molecule has 3 heterocycles. The fourth-order valence-corrected chi connectivity index (χ4v) is 4.02. The molecule has 1 aromatic carbocycles. The highest BCUT2D eigenvalue weighted by Gasteiger charge is 2.45. The van der Waals surface area contributed by atoms with E-state index in [0.717, 1.165) is 5.56 Å². The number of aliphatic hydroxyl groups is 3. The smallest absolute Gasteiger partial charge is 0.278 e. The summed E-state index contributed by atoms with van der Waals surface area (Å²) >= 11 is 1.36. The summed E-state index contributed by atoms with van der Waals surface area (Å²) in [6.45, 7) is -0.443. The second-order valence-corrected chi connectivity index (χ2v) is 7.11. The molecular weight excluding hydrogens is 372 g/mol. The molecule has 2 aromatic heterocycles. The first-order valence-corrected chi connectivity index (χ1v) is 9.33. The number of nitrogens with zero attached hydrogens (tertiary/aromatic N) is 3. The lowest BCUT2D eigenvalue weighted by Crippen LogP contribution is -2.33. The van der Waals surface area contributed by atoms with Gasteiger partial charge in [-0.2, -0.15) is 0 Å². The summed E-state index contributed by atoms with van der Waals surface area (Å²) in [5.74, 6) is 0.580. The van der Waals surface area contributed by atoms with Crippen molar-refractivity contribution in [3.63, 3.8) is 0 Å². The van der Waals surface area contributed by atoms with Gasteiger partial charge in [0, 0.05) is 5.75 Å². The molecule has 1 saturated heterocycles. The molecule has 142 valence electrons. The van der Waals surface area contributed by atoms with Crippen molar-refractivity contribution < 1.29 is 20.1 Å². The largest absolute Gasteiger partial charge is 0.394 e. The van der Waals surface area contributed by atoms with E-state index in [4.69, 9.17) is 4.74 Å². The lowest BCUT2D eigenvalue weighted by Gasteiger charge is -2.19. The van der Waals surface area contributed by atoms with Gasteiger partial charge < -0.3 is 25.0 Å². The number of aromatic nitrogens is 4. The van der Waals surface area contributed by atoms with Crippen molar-refractivity contribution in [2.45, 2.75) is 35.4 Å². The van der Waals surface area contributed by atoms with E-state index in [1.165, 1.54) is 22.7 Å². The number of H-pyrrole nitrogens is 1. The maximum absolute atomic E-state index is 12.1. The van der Waals surface area contributed by atoms with Crippen LogP contribution in [0.15, 0.2) is 46.6 Å². The molecule has 4 atom stereocenters. The Morgan fingerprint density at radius 3 is 2.70 bits per heavy atom. The number of thioether (sulfide) groups is 1. The summed E-state index contributed by atoms with van der Waals surface area (Å²) in [4.78, 5) is 23.1. The number of aliphatic hydroxyl groups excluding tert-OH is 3. The van der Waals surface area contributed by atoms with Crippen LogP contribution in [-0.4, -0.2) is 59.8 Å². The van der Waals surface area contributed by atoms with Gasteiger partial charge in [-0.25, -0.2) is 9.97 Å². The molecule has 0 amide bonds. The molecular formula is C17H18N4O5S. The number of rotatable bonds is 5. The first-order chi connectivity index (χ1) is 13.1. The summed E-state index contributed by atoms with van der Waals surface area (Å²) in [5.41, 5.74) is 1.01. The fourth-order valence-electron chi connectivity index (χ4n) is 3.05. The third-order valence-electron chi connectivity index (χ3n) is 4.43. The molecule has 0 bridgehead atoms. The van der Waals surface area contributed by atoms with Gasteiger partial charge in [-0.15, -0.1) is 0 Å². The van der Waals surface area contributed by atoms with Crippen molar-refractivity contribution in [2.75, 3.05) is 6.61 Å². The SMILES string of the molecule is O=c1[nH]cnc2c1nc(SCc1ccccc1)n2[C@@H]1O[C@H](CO)[C@@H](O)[C@H]1O. The maximum Gasteiger partial charge on any atom is 0.278 e. The first-order valence-electron chi connectivity index (χ1n) is 8.35. The number of benzene rings is 1. The number of fused-ring (bicyclic) bond motifs is 1. The summed E-state index contributed by atoms with van der Waals surface area (Å²) in [6.07, 6.45) is -3.26. The Kier molecular flexibility index (Phi) is 4.98. The zero-order valence-corrected chi connectivity index (χ0v) is 14.9. The standard InChI is InChI=1S/C17H18N4O5S/c22-6-10-12(23)13(24)16(26-10)21-14-11(15(25)19-8-18-14)20-17(21)27-7-9-4-2-1-3-5-9/h1-5,8,10,12-13,16,22-24H,6-7H2,(H,18,19,25)/t10-,12-,13-,16-/m1/s1. The molecule has 0 unspecified atom stereocenters. The van der Waals surface area contributed by atoms with Gasteiger partial charge in [0.25, 0.3) is 5.56 Å². The Hall–Kier alpha value is -2.24. The summed E-state index contributed by atoms with van der Waals surface area (Å²) in [7, 11) is 0. The van der Waals surface area contributed by atoms with Crippen LogP contribution in [0.4, 0.5) is 0 Å². The Morgan fingerprint density at radius 2 is 2.00 bits per heavy atom. The van der Waals surface area contributed by atoms with Gasteiger partial charge in [0.2, 0.25) is 0 Å². The highest BCUT2D eigenvalue weighted by atomic mass is 32.2. The first kappa shape index (κ1) is 18.1. The molecule has 0 radical (unpaired) electrons. The van der Waals surface area contributed by atoms with Crippen LogP contribution < -0.4 is 5.56 Å². The average Bonchev–Trinajstić information content (AvgIpc) is 3.19. The van der Waals surface area contributed by atoms with Crippen LogP contribution >= 0.6 is 11.8 Å². The number of imidazole rings is 1. The van der Waals surface area contributed by atoms with Crippen molar-refractivity contribution in [2.24, 2.45) is 0 Å². The molecule has 0 spiro atoms. The van der Waals surface area contributed by atoms with Crippen molar-refractivity contribution in [3.05, 3.63) is 52.6 Å². The van der Waals surface area contributed by atoms with E-state index in [2.05, 4.69) is 15.0 Å². The average molecular weight is 390 g/mol. The van der Waals surface area contributed by atoms with Gasteiger partial charge in [-0.05, 0) is 5.56 Å². The molecule has 10 heteroatoms. The molecule has 1 aliphatic rings. The molecule has 27 heavy (non-hydrogen) atoms. The van der Waals surface area contributed by atoms with E-state index in [1.54, 1.807) is 0 Å². The van der Waals surface area contributed by atoms with Crippen LogP contribution in [-0.2, 0) is 10.5 Å². The van der Waals surface area contributed by atoms with Crippen molar-refractivity contribution in [3.8, 4) is 0 Å². The molecule has 1 aliphatic heterocycles. The topological polar surface area (TPSA) is 133 Å². The number of aromatic amines is 1. The minimum absolute atomic E-state index is 0.116. The number of nitrogens with one attached hydrogen (secondary N) is 1. The quantitative estimate of drug-likeness (QED) is 0.448. The third-order valence-corrected chi connectivity index (χ3v) is 5.46. The number of ether oxygens (including phenoxy) is 1. The van der Waals surface area contributed by atoms with Gasteiger partial charge in [0.05, 0.1) is 12.9 Å². The van der Waals surface area contributed by atoms with E-state index < -0.39 is 36.7 Å². The fraction of sp³-hybridized carbons (Fsp3) is 0.353. The molecule has 4 rings (SSSR count). The highest BCUT2D eigenvalue weighted by molar-refractivity contribution is 7.98. The molecule has 1 fully saturated rings. The Morgan fingerprint density at radius 1 is 1.22 bits per heavy atom. The van der Waals surface area contributed by atoms with Gasteiger partial charge in [0.1, 0.15) is 18.3 Å². The van der Waals surface area contributed by atoms with Crippen LogP contribution in [0, 0.1) is 0 Å². The zero-order chi connectivity index (χ0) is 19.0. The van der Waals surface area contributed by atoms with Crippen LogP contribution in [0.3, 0.4) is 0 Å². The minimum atomic E-state index is -1.29. The van der Waals surface area contributed by atoms with Crippen molar-refractivity contribution in [1.82, 2.24) is 19.5 Å². The minimum Gasteiger partial charge on any atom is -0.394 e. The molecule has 0 aliphatic carbocycles. The van der Waals surface area contributed by atoms with E-state index >= 15 is 0 Å². The van der Waals surface area contributed by atoms with Crippen LogP contribution in [0.1, 0.15) is 11.8 Å². The van der Waals surface area contributed by atoms with Gasteiger partial charge >= 0.3 is 0 Å². The third kappa shape index (κ3) is 3.26. The summed E-state index contributed by atoms with van der Waals surface area (Å²) in [5, 5.41) is 30.3.